The van der Waals surface area contributed by atoms with Gasteiger partial charge in [-0.15, -0.1) is 0 Å². The SMILES string of the molecule is Cc1cc(C)c(NC(=O)CCNc2cccc(C#N)c2)c(Cl)c1. The molecule has 1 amide bonds. The molecule has 0 saturated carbocycles. The van der Waals surface area contributed by atoms with Gasteiger partial charge in [-0.25, -0.2) is 0 Å². The maximum atomic E-state index is 12.1. The molecular weight excluding hydrogens is 310 g/mol. The first-order valence-electron chi connectivity index (χ1n) is 7.30. The number of nitrogens with zero attached hydrogens (tertiary/aromatic N) is 1. The number of halogens is 1. The van der Waals surface area contributed by atoms with E-state index >= 15 is 0 Å². The number of carbonyl (C=O) groups is 1. The molecule has 0 radical (unpaired) electrons. The van der Waals surface area contributed by atoms with Crippen LogP contribution in [0.2, 0.25) is 5.02 Å². The summed E-state index contributed by atoms with van der Waals surface area (Å²) < 4.78 is 0. The van der Waals surface area contributed by atoms with Gasteiger partial charge in [0.1, 0.15) is 0 Å². The van der Waals surface area contributed by atoms with Gasteiger partial charge in [0, 0.05) is 18.7 Å². The van der Waals surface area contributed by atoms with E-state index in [2.05, 4.69) is 16.7 Å². The maximum Gasteiger partial charge on any atom is 0.226 e. The number of nitriles is 1. The second-order valence-electron chi connectivity index (χ2n) is 5.36. The first-order valence-corrected chi connectivity index (χ1v) is 7.68. The molecule has 0 unspecified atom stereocenters. The Morgan fingerprint density at radius 1 is 1.26 bits per heavy atom. The molecule has 2 rings (SSSR count). The van der Waals surface area contributed by atoms with Gasteiger partial charge in [-0.1, -0.05) is 23.7 Å². The van der Waals surface area contributed by atoms with E-state index in [9.17, 15) is 4.79 Å². The minimum absolute atomic E-state index is 0.109. The molecular formula is C18H18ClN3O. The van der Waals surface area contributed by atoms with E-state index in [0.29, 0.717) is 29.2 Å². The first-order chi connectivity index (χ1) is 11.0. The Bertz CT molecular complexity index is 742. The van der Waals surface area contributed by atoms with Gasteiger partial charge in [0.15, 0.2) is 0 Å². The maximum absolute atomic E-state index is 12.1. The molecule has 0 bridgehead atoms. The van der Waals surface area contributed by atoms with Gasteiger partial charge in [0.2, 0.25) is 5.91 Å². The van der Waals surface area contributed by atoms with Crippen LogP contribution >= 0.6 is 11.6 Å². The van der Waals surface area contributed by atoms with Crippen LogP contribution in [0.5, 0.6) is 0 Å². The highest BCUT2D eigenvalue weighted by Gasteiger charge is 2.09. The summed E-state index contributed by atoms with van der Waals surface area (Å²) in [5.41, 5.74) is 4.07. The Morgan fingerprint density at radius 2 is 2.04 bits per heavy atom. The standard InChI is InChI=1S/C18H18ClN3O/c1-12-8-13(2)18(16(19)9-12)22-17(23)6-7-21-15-5-3-4-14(10-15)11-20/h3-5,8-10,21H,6-7H2,1-2H3,(H,22,23). The van der Waals surface area contributed by atoms with Crippen LogP contribution in [0, 0.1) is 25.2 Å². The van der Waals surface area contributed by atoms with Crippen LogP contribution < -0.4 is 10.6 Å². The minimum atomic E-state index is -0.109. The van der Waals surface area contributed by atoms with Crippen LogP contribution in [0.3, 0.4) is 0 Å². The second kappa shape index (κ2) is 7.66. The van der Waals surface area contributed by atoms with E-state index < -0.39 is 0 Å². The van der Waals surface area contributed by atoms with E-state index in [1.165, 1.54) is 0 Å². The quantitative estimate of drug-likeness (QED) is 0.862. The van der Waals surface area contributed by atoms with Crippen molar-refractivity contribution in [2.24, 2.45) is 0 Å². The molecule has 0 saturated heterocycles. The molecule has 0 spiro atoms. The van der Waals surface area contributed by atoms with E-state index in [-0.39, 0.29) is 5.91 Å². The fourth-order valence-corrected chi connectivity index (χ4v) is 2.66. The van der Waals surface area contributed by atoms with E-state index in [4.69, 9.17) is 16.9 Å². The van der Waals surface area contributed by atoms with Crippen LogP contribution in [-0.4, -0.2) is 12.5 Å². The Balaban J connectivity index is 1.90. The number of nitrogens with one attached hydrogen (secondary N) is 2. The van der Waals surface area contributed by atoms with Crippen LogP contribution in [-0.2, 0) is 4.79 Å². The van der Waals surface area contributed by atoms with Crippen LogP contribution in [0.15, 0.2) is 36.4 Å². The zero-order valence-electron chi connectivity index (χ0n) is 13.1. The summed E-state index contributed by atoms with van der Waals surface area (Å²) in [6, 6.07) is 13.0. The van der Waals surface area contributed by atoms with Crippen LogP contribution in [0.1, 0.15) is 23.1 Å². The monoisotopic (exact) mass is 327 g/mol. The lowest BCUT2D eigenvalue weighted by atomic mass is 10.1. The molecule has 0 aliphatic carbocycles. The fourth-order valence-electron chi connectivity index (χ4n) is 2.30. The van der Waals surface area contributed by atoms with Gasteiger partial charge in [-0.05, 0) is 49.2 Å². The molecule has 2 aromatic carbocycles. The number of hydrogen-bond donors (Lipinski definition) is 2. The van der Waals surface area contributed by atoms with E-state index in [1.54, 1.807) is 18.2 Å². The van der Waals surface area contributed by atoms with Crippen molar-refractivity contribution in [2.45, 2.75) is 20.3 Å². The zero-order valence-corrected chi connectivity index (χ0v) is 13.9. The lowest BCUT2D eigenvalue weighted by molar-refractivity contribution is -0.115. The molecule has 0 heterocycles. The van der Waals surface area contributed by atoms with Crippen molar-refractivity contribution in [3.63, 3.8) is 0 Å². The number of benzene rings is 2. The molecule has 5 heteroatoms. The van der Waals surface area contributed by atoms with E-state index in [0.717, 1.165) is 16.8 Å². The van der Waals surface area contributed by atoms with Gasteiger partial charge < -0.3 is 10.6 Å². The number of aryl methyl sites for hydroxylation is 2. The predicted molar refractivity (Wildman–Crippen MR) is 93.8 cm³/mol. The number of amides is 1. The van der Waals surface area contributed by atoms with Crippen molar-refractivity contribution in [1.82, 2.24) is 0 Å². The topological polar surface area (TPSA) is 64.9 Å². The Hall–Kier alpha value is -2.51. The first kappa shape index (κ1) is 16.9. The van der Waals surface area contributed by atoms with Crippen LogP contribution in [0.4, 0.5) is 11.4 Å². The van der Waals surface area contributed by atoms with Crippen molar-refractivity contribution in [1.29, 1.82) is 5.26 Å². The molecule has 4 nitrogen and oxygen atoms in total. The Morgan fingerprint density at radius 3 is 2.74 bits per heavy atom. The van der Waals surface area contributed by atoms with Crippen molar-refractivity contribution in [2.75, 3.05) is 17.2 Å². The average molecular weight is 328 g/mol. The molecule has 0 atom stereocenters. The van der Waals surface area contributed by atoms with E-state index in [1.807, 2.05) is 32.0 Å². The summed E-state index contributed by atoms with van der Waals surface area (Å²) in [7, 11) is 0. The molecule has 23 heavy (non-hydrogen) atoms. The van der Waals surface area contributed by atoms with Gasteiger partial charge in [-0.3, -0.25) is 4.79 Å². The highest BCUT2D eigenvalue weighted by atomic mass is 35.5. The zero-order chi connectivity index (χ0) is 16.8. The fraction of sp³-hybridized carbons (Fsp3) is 0.222. The number of hydrogen-bond acceptors (Lipinski definition) is 3. The minimum Gasteiger partial charge on any atom is -0.384 e. The summed E-state index contributed by atoms with van der Waals surface area (Å²) in [6.45, 7) is 4.35. The summed E-state index contributed by atoms with van der Waals surface area (Å²) in [4.78, 5) is 12.1. The highest BCUT2D eigenvalue weighted by Crippen LogP contribution is 2.27. The molecule has 0 aromatic heterocycles. The molecule has 0 aliphatic rings. The van der Waals surface area contributed by atoms with Crippen molar-refractivity contribution in [3.05, 3.63) is 58.1 Å². The van der Waals surface area contributed by atoms with Gasteiger partial charge >= 0.3 is 0 Å². The molecule has 2 aromatic rings. The predicted octanol–water partition coefficient (Wildman–Crippen LogP) is 4.27. The summed E-state index contributed by atoms with van der Waals surface area (Å²) in [5, 5.41) is 15.4. The summed E-state index contributed by atoms with van der Waals surface area (Å²) >= 11 is 6.18. The third-order valence-electron chi connectivity index (χ3n) is 3.37. The summed E-state index contributed by atoms with van der Waals surface area (Å²) in [6.07, 6.45) is 0.306. The normalized spacial score (nSPS) is 10.0. The number of anilines is 2. The van der Waals surface area contributed by atoms with Gasteiger partial charge in [-0.2, -0.15) is 5.26 Å². The largest absolute Gasteiger partial charge is 0.384 e. The molecule has 2 N–H and O–H groups in total. The molecule has 0 fully saturated rings. The van der Waals surface area contributed by atoms with Gasteiger partial charge in [0.25, 0.3) is 0 Å². The number of rotatable bonds is 5. The smallest absolute Gasteiger partial charge is 0.226 e. The molecule has 0 aliphatic heterocycles. The second-order valence-corrected chi connectivity index (χ2v) is 5.76. The summed E-state index contributed by atoms with van der Waals surface area (Å²) in [5.74, 6) is -0.109. The van der Waals surface area contributed by atoms with Gasteiger partial charge in [0.05, 0.1) is 22.3 Å². The third kappa shape index (κ3) is 4.73. The Kier molecular flexibility index (Phi) is 5.61. The third-order valence-corrected chi connectivity index (χ3v) is 3.67. The van der Waals surface area contributed by atoms with Crippen molar-refractivity contribution < 1.29 is 4.79 Å². The lowest BCUT2D eigenvalue weighted by Crippen LogP contribution is -2.17. The highest BCUT2D eigenvalue weighted by molar-refractivity contribution is 6.34. The Labute approximate surface area is 141 Å². The average Bonchev–Trinajstić information content (AvgIpc) is 2.51. The van der Waals surface area contributed by atoms with Crippen molar-refractivity contribution >= 4 is 28.9 Å². The lowest BCUT2D eigenvalue weighted by Gasteiger charge is -2.12. The molecule has 118 valence electrons. The van der Waals surface area contributed by atoms with Crippen LogP contribution in [0.25, 0.3) is 0 Å². The number of carbonyl (C=O) groups excluding carboxylic acids is 1. The van der Waals surface area contributed by atoms with Crippen molar-refractivity contribution in [3.8, 4) is 6.07 Å².